The van der Waals surface area contributed by atoms with Gasteiger partial charge in [0.05, 0.1) is 4.92 Å². The lowest BCUT2D eigenvalue weighted by atomic mass is 10.1. The van der Waals surface area contributed by atoms with Gasteiger partial charge in [-0.2, -0.15) is 0 Å². The Morgan fingerprint density at radius 1 is 1.19 bits per heavy atom. The summed E-state index contributed by atoms with van der Waals surface area (Å²) >= 11 is 0. The van der Waals surface area contributed by atoms with Crippen LogP contribution >= 0.6 is 0 Å². The van der Waals surface area contributed by atoms with E-state index >= 15 is 0 Å². The molecule has 0 aromatic heterocycles. The zero-order valence-corrected chi connectivity index (χ0v) is 10.8. The van der Waals surface area contributed by atoms with Crippen molar-refractivity contribution in [1.82, 2.24) is 0 Å². The zero-order valence-electron chi connectivity index (χ0n) is 10.8. The second-order valence-electron chi connectivity index (χ2n) is 4.35. The van der Waals surface area contributed by atoms with E-state index in [4.69, 9.17) is 5.11 Å². The molecule has 0 saturated heterocycles. The summed E-state index contributed by atoms with van der Waals surface area (Å²) in [5, 5.41) is 22.6. The smallest absolute Gasteiger partial charge is 0.270 e. The number of benzene rings is 2. The molecule has 2 N–H and O–H groups in total. The number of nitrogens with zero attached hydrogens (tertiary/aromatic N) is 1. The monoisotopic (exact) mass is 294 g/mol. The van der Waals surface area contributed by atoms with Gasteiger partial charge in [0.2, 0.25) is 0 Å². The molecule has 0 saturated carbocycles. The molecule has 0 fully saturated rings. The van der Waals surface area contributed by atoms with Gasteiger partial charge in [-0.15, -0.1) is 0 Å². The number of hydrogen-bond donors (Lipinski definition) is 2. The van der Waals surface area contributed by atoms with Crippen molar-refractivity contribution >= 4 is 11.4 Å². The highest BCUT2D eigenvalue weighted by Crippen LogP contribution is 2.31. The summed E-state index contributed by atoms with van der Waals surface area (Å²) < 4.78 is 25.9. The van der Waals surface area contributed by atoms with Crippen LogP contribution in [-0.4, -0.2) is 10.0 Å². The Bertz CT molecular complexity index is 645. The van der Waals surface area contributed by atoms with Crippen LogP contribution in [0.1, 0.15) is 17.6 Å². The molecule has 2 aromatic carbocycles. The quantitative estimate of drug-likeness (QED) is 0.648. The predicted octanol–water partition coefficient (Wildman–Crippen LogP) is 3.85. The Morgan fingerprint density at radius 3 is 2.43 bits per heavy atom. The maximum Gasteiger partial charge on any atom is 0.270 e. The molecule has 7 heteroatoms. The number of alkyl halides is 2. The molecule has 0 aliphatic carbocycles. The molecule has 0 aliphatic heterocycles. The minimum atomic E-state index is -2.81. The van der Waals surface area contributed by atoms with E-state index < -0.39 is 16.9 Å². The first-order valence-electron chi connectivity index (χ1n) is 6.05. The highest BCUT2D eigenvalue weighted by atomic mass is 19.3. The third-order valence-electron chi connectivity index (χ3n) is 2.90. The summed E-state index contributed by atoms with van der Waals surface area (Å²) in [4.78, 5) is 9.90. The van der Waals surface area contributed by atoms with Crippen LogP contribution in [0, 0.1) is 10.1 Å². The number of halogens is 2. The van der Waals surface area contributed by atoms with Crippen LogP contribution < -0.4 is 5.32 Å². The molecule has 0 atom stereocenters. The molecule has 2 aromatic rings. The Kier molecular flexibility index (Phi) is 4.32. The van der Waals surface area contributed by atoms with Crippen molar-refractivity contribution < 1.29 is 18.8 Å². The maximum atomic E-state index is 13.0. The van der Waals surface area contributed by atoms with E-state index in [1.165, 1.54) is 24.3 Å². The van der Waals surface area contributed by atoms with Gasteiger partial charge >= 0.3 is 0 Å². The van der Waals surface area contributed by atoms with Crippen LogP contribution in [0.3, 0.4) is 0 Å². The molecular formula is C14H12F2N2O3. The van der Waals surface area contributed by atoms with E-state index in [9.17, 15) is 18.9 Å². The van der Waals surface area contributed by atoms with Crippen molar-refractivity contribution in [1.29, 1.82) is 0 Å². The van der Waals surface area contributed by atoms with Gasteiger partial charge < -0.3 is 10.4 Å². The third-order valence-corrected chi connectivity index (χ3v) is 2.90. The van der Waals surface area contributed by atoms with Crippen LogP contribution in [-0.2, 0) is 6.54 Å². The molecule has 21 heavy (non-hydrogen) atoms. The normalized spacial score (nSPS) is 10.6. The van der Waals surface area contributed by atoms with Crippen LogP contribution in [0.5, 0.6) is 5.75 Å². The van der Waals surface area contributed by atoms with Crippen LogP contribution in [0.2, 0.25) is 0 Å². The van der Waals surface area contributed by atoms with Gasteiger partial charge in [0.25, 0.3) is 12.1 Å². The number of phenols is 1. The lowest BCUT2D eigenvalue weighted by Crippen LogP contribution is -2.03. The molecule has 0 bridgehead atoms. The minimum absolute atomic E-state index is 0.113. The van der Waals surface area contributed by atoms with E-state index in [2.05, 4.69) is 5.32 Å². The Labute approximate surface area is 119 Å². The number of nitrogens with one attached hydrogen (secondary N) is 1. The summed E-state index contributed by atoms with van der Waals surface area (Å²) in [5.41, 5.74) is 0.138. The highest BCUT2D eigenvalue weighted by molar-refractivity contribution is 5.56. The Balaban J connectivity index is 2.19. The fourth-order valence-corrected chi connectivity index (χ4v) is 1.82. The van der Waals surface area contributed by atoms with Crippen LogP contribution in [0.25, 0.3) is 0 Å². The molecular weight excluding hydrogens is 282 g/mol. The molecule has 0 unspecified atom stereocenters. The molecule has 5 nitrogen and oxygen atoms in total. The number of phenolic OH excluding ortho intramolecular Hbond substituents is 1. The lowest BCUT2D eigenvalue weighted by molar-refractivity contribution is -0.385. The summed E-state index contributed by atoms with van der Waals surface area (Å²) in [5.74, 6) is 0.113. The summed E-state index contributed by atoms with van der Waals surface area (Å²) in [6.07, 6.45) is -2.81. The number of non-ortho nitro benzene ring substituents is 1. The average Bonchev–Trinajstić information content (AvgIpc) is 2.46. The lowest BCUT2D eigenvalue weighted by Gasteiger charge is -2.11. The van der Waals surface area contributed by atoms with Crippen molar-refractivity contribution in [3.63, 3.8) is 0 Å². The van der Waals surface area contributed by atoms with Crippen molar-refractivity contribution in [2.24, 2.45) is 0 Å². The first-order chi connectivity index (χ1) is 9.97. The highest BCUT2D eigenvalue weighted by Gasteiger charge is 2.17. The van der Waals surface area contributed by atoms with Crippen molar-refractivity contribution in [2.45, 2.75) is 13.0 Å². The first-order valence-corrected chi connectivity index (χ1v) is 6.05. The SMILES string of the molecule is O=[N+]([O-])c1ccc(NCc2ccc(O)cc2)c(C(F)F)c1. The summed E-state index contributed by atoms with van der Waals surface area (Å²) in [7, 11) is 0. The molecule has 0 radical (unpaired) electrons. The van der Waals surface area contributed by atoms with Crippen LogP contribution in [0.15, 0.2) is 42.5 Å². The number of rotatable bonds is 5. The van der Waals surface area contributed by atoms with Gasteiger partial charge in [0, 0.05) is 29.9 Å². The number of aromatic hydroxyl groups is 1. The third kappa shape index (κ3) is 3.65. The number of nitro groups is 1. The molecule has 0 heterocycles. The molecule has 0 aliphatic rings. The van der Waals surface area contributed by atoms with Crippen molar-refractivity contribution in [3.8, 4) is 5.75 Å². The van der Waals surface area contributed by atoms with Gasteiger partial charge in [-0.25, -0.2) is 8.78 Å². The van der Waals surface area contributed by atoms with Gasteiger partial charge in [0.15, 0.2) is 0 Å². The Morgan fingerprint density at radius 2 is 1.86 bits per heavy atom. The second kappa shape index (κ2) is 6.17. The maximum absolute atomic E-state index is 13.0. The topological polar surface area (TPSA) is 75.4 Å². The standard InChI is InChI=1S/C14H12F2N2O3/c15-14(16)12-7-10(18(20)21)3-6-13(12)17-8-9-1-4-11(19)5-2-9/h1-7,14,17,19H,8H2. The van der Waals surface area contributed by atoms with Crippen LogP contribution in [0.4, 0.5) is 20.2 Å². The van der Waals surface area contributed by atoms with Gasteiger partial charge in [-0.05, 0) is 23.8 Å². The zero-order chi connectivity index (χ0) is 15.4. The average molecular weight is 294 g/mol. The van der Waals surface area contributed by atoms with Gasteiger partial charge in [-0.3, -0.25) is 10.1 Å². The van der Waals surface area contributed by atoms with E-state index in [0.29, 0.717) is 0 Å². The first kappa shape index (κ1) is 14.7. The van der Waals surface area contributed by atoms with E-state index in [0.717, 1.165) is 11.6 Å². The predicted molar refractivity (Wildman–Crippen MR) is 73.5 cm³/mol. The molecule has 110 valence electrons. The van der Waals surface area contributed by atoms with E-state index in [1.807, 2.05) is 0 Å². The molecule has 0 spiro atoms. The van der Waals surface area contributed by atoms with E-state index in [-0.39, 0.29) is 23.7 Å². The summed E-state index contributed by atoms with van der Waals surface area (Å²) in [6.45, 7) is 0.262. The number of anilines is 1. The number of hydrogen-bond acceptors (Lipinski definition) is 4. The largest absolute Gasteiger partial charge is 0.508 e. The fourth-order valence-electron chi connectivity index (χ4n) is 1.82. The van der Waals surface area contributed by atoms with Crippen molar-refractivity contribution in [2.75, 3.05) is 5.32 Å². The van der Waals surface area contributed by atoms with E-state index in [1.54, 1.807) is 12.1 Å². The second-order valence-corrected chi connectivity index (χ2v) is 4.35. The van der Waals surface area contributed by atoms with Gasteiger partial charge in [0.1, 0.15) is 5.75 Å². The molecule has 2 rings (SSSR count). The number of nitro benzene ring substituents is 1. The fraction of sp³-hybridized carbons (Fsp3) is 0.143. The minimum Gasteiger partial charge on any atom is -0.508 e. The summed E-state index contributed by atoms with van der Waals surface area (Å²) in [6, 6.07) is 9.57. The van der Waals surface area contributed by atoms with Crippen molar-refractivity contribution in [3.05, 3.63) is 63.7 Å². The molecule has 0 amide bonds. The van der Waals surface area contributed by atoms with Gasteiger partial charge in [-0.1, -0.05) is 12.1 Å². The Hall–Kier alpha value is -2.70.